The second-order valence-corrected chi connectivity index (χ2v) is 5.38. The van der Waals surface area contributed by atoms with Crippen LogP contribution in [0.3, 0.4) is 0 Å². The van der Waals surface area contributed by atoms with Gasteiger partial charge in [-0.1, -0.05) is 39.0 Å². The van der Waals surface area contributed by atoms with Crippen LogP contribution in [-0.2, 0) is 4.79 Å². The molecule has 1 rings (SSSR count). The van der Waals surface area contributed by atoms with Crippen LogP contribution in [0.5, 0.6) is 0 Å². The summed E-state index contributed by atoms with van der Waals surface area (Å²) < 4.78 is 0. The first-order valence-corrected chi connectivity index (χ1v) is 5.69. The zero-order valence-electron chi connectivity index (χ0n) is 10.2. The van der Waals surface area contributed by atoms with E-state index in [1.807, 2.05) is 39.0 Å². The third-order valence-electron chi connectivity index (χ3n) is 2.47. The molecule has 0 aromatic heterocycles. The van der Waals surface area contributed by atoms with Gasteiger partial charge in [0, 0.05) is 18.6 Å². The lowest BCUT2D eigenvalue weighted by Crippen LogP contribution is -2.31. The Labute approximate surface area is 97.2 Å². The molecule has 3 heteroatoms. The predicted octanol–water partition coefficient (Wildman–Crippen LogP) is 1.64. The zero-order valence-corrected chi connectivity index (χ0v) is 10.2. The van der Waals surface area contributed by atoms with E-state index in [-0.39, 0.29) is 29.9 Å². The summed E-state index contributed by atoms with van der Waals surface area (Å²) in [4.78, 5) is 11.5. The number of allylic oxidation sites excluding steroid dienone is 1. The van der Waals surface area contributed by atoms with Gasteiger partial charge in [-0.3, -0.25) is 4.79 Å². The number of aliphatic hydroxyl groups excluding tert-OH is 1. The maximum atomic E-state index is 11.5. The molecule has 2 atom stereocenters. The predicted molar refractivity (Wildman–Crippen MR) is 64.9 cm³/mol. The van der Waals surface area contributed by atoms with Gasteiger partial charge in [0.15, 0.2) is 0 Å². The van der Waals surface area contributed by atoms with Crippen molar-refractivity contribution in [2.75, 3.05) is 6.61 Å². The van der Waals surface area contributed by atoms with Crippen molar-refractivity contribution in [3.05, 3.63) is 24.3 Å². The van der Waals surface area contributed by atoms with E-state index in [0.29, 0.717) is 0 Å². The highest BCUT2D eigenvalue weighted by Gasteiger charge is 2.18. The van der Waals surface area contributed by atoms with E-state index in [4.69, 9.17) is 5.11 Å². The van der Waals surface area contributed by atoms with Crippen LogP contribution >= 0.6 is 0 Å². The first-order chi connectivity index (χ1) is 7.40. The molecule has 0 bridgehead atoms. The zero-order chi connectivity index (χ0) is 12.2. The van der Waals surface area contributed by atoms with Gasteiger partial charge in [-0.15, -0.1) is 0 Å². The third kappa shape index (κ3) is 4.62. The van der Waals surface area contributed by atoms with Crippen molar-refractivity contribution in [3.63, 3.8) is 0 Å². The lowest BCUT2D eigenvalue weighted by Gasteiger charge is -2.13. The van der Waals surface area contributed by atoms with Crippen LogP contribution in [0, 0.1) is 11.3 Å². The van der Waals surface area contributed by atoms with E-state index < -0.39 is 0 Å². The number of carbonyl (C=O) groups excluding carboxylic acids is 1. The average Bonchev–Trinajstić information content (AvgIpc) is 2.61. The number of hydrogen-bond acceptors (Lipinski definition) is 2. The van der Waals surface area contributed by atoms with Crippen LogP contribution in [0.2, 0.25) is 0 Å². The fraction of sp³-hybridized carbons (Fsp3) is 0.615. The van der Waals surface area contributed by atoms with E-state index in [0.717, 1.165) is 6.42 Å². The number of carbonyl (C=O) groups is 1. The molecule has 3 nitrogen and oxygen atoms in total. The molecule has 1 amide bonds. The molecule has 0 unspecified atom stereocenters. The average molecular weight is 223 g/mol. The molecule has 1 aliphatic carbocycles. The maximum Gasteiger partial charge on any atom is 0.244 e. The third-order valence-corrected chi connectivity index (χ3v) is 2.47. The Kier molecular flexibility index (Phi) is 4.30. The standard InChI is InChI=1S/C13H21NO2/c1-13(2,3)7-6-12(16)14-11-5-4-10(8-11)9-15/h4-7,10-11,15H,8-9H2,1-3H3,(H,14,16)/b7-6+/t10-,11+/m0/s1. The monoisotopic (exact) mass is 223 g/mol. The van der Waals surface area contributed by atoms with Gasteiger partial charge in [0.2, 0.25) is 5.91 Å². The molecular formula is C13H21NO2. The fourth-order valence-electron chi connectivity index (χ4n) is 1.57. The van der Waals surface area contributed by atoms with Gasteiger partial charge in [-0.25, -0.2) is 0 Å². The van der Waals surface area contributed by atoms with Crippen molar-refractivity contribution in [2.24, 2.45) is 11.3 Å². The first-order valence-electron chi connectivity index (χ1n) is 5.69. The quantitative estimate of drug-likeness (QED) is 0.564. The second kappa shape index (κ2) is 5.30. The van der Waals surface area contributed by atoms with Gasteiger partial charge in [0.25, 0.3) is 0 Å². The molecule has 2 N–H and O–H groups in total. The van der Waals surface area contributed by atoms with Gasteiger partial charge in [-0.2, -0.15) is 0 Å². The minimum absolute atomic E-state index is 0.0243. The van der Waals surface area contributed by atoms with E-state index in [1.54, 1.807) is 6.08 Å². The Hall–Kier alpha value is -1.09. The minimum atomic E-state index is -0.0665. The summed E-state index contributed by atoms with van der Waals surface area (Å²) in [6, 6.07) is 0.0641. The molecule has 0 saturated heterocycles. The van der Waals surface area contributed by atoms with Crippen LogP contribution in [0.25, 0.3) is 0 Å². The van der Waals surface area contributed by atoms with Crippen molar-refractivity contribution < 1.29 is 9.90 Å². The number of aliphatic hydroxyl groups is 1. The van der Waals surface area contributed by atoms with Crippen LogP contribution in [-0.4, -0.2) is 23.7 Å². The highest BCUT2D eigenvalue weighted by molar-refractivity contribution is 5.88. The summed E-state index contributed by atoms with van der Waals surface area (Å²) in [7, 11) is 0. The maximum absolute atomic E-state index is 11.5. The minimum Gasteiger partial charge on any atom is -0.396 e. The number of rotatable bonds is 3. The Bertz CT molecular complexity index is 300. The number of amides is 1. The van der Waals surface area contributed by atoms with Gasteiger partial charge in [0.05, 0.1) is 0 Å². The van der Waals surface area contributed by atoms with Crippen molar-refractivity contribution in [1.82, 2.24) is 5.32 Å². The highest BCUT2D eigenvalue weighted by atomic mass is 16.3. The summed E-state index contributed by atoms with van der Waals surface area (Å²) in [5.41, 5.74) is 0.0243. The first kappa shape index (κ1) is 13.0. The molecule has 0 aromatic carbocycles. The molecule has 0 aliphatic heterocycles. The summed E-state index contributed by atoms with van der Waals surface area (Å²) >= 11 is 0. The normalized spacial score (nSPS) is 25.2. The molecule has 90 valence electrons. The summed E-state index contributed by atoms with van der Waals surface area (Å²) in [6.45, 7) is 6.30. The number of nitrogens with one attached hydrogen (secondary N) is 1. The van der Waals surface area contributed by atoms with E-state index >= 15 is 0 Å². The Morgan fingerprint density at radius 1 is 1.50 bits per heavy atom. The van der Waals surface area contributed by atoms with Gasteiger partial charge in [0.1, 0.15) is 0 Å². The lowest BCUT2D eigenvalue weighted by atomic mass is 9.96. The van der Waals surface area contributed by atoms with Crippen molar-refractivity contribution in [3.8, 4) is 0 Å². The lowest BCUT2D eigenvalue weighted by molar-refractivity contribution is -0.117. The van der Waals surface area contributed by atoms with Crippen LogP contribution in [0.15, 0.2) is 24.3 Å². The highest BCUT2D eigenvalue weighted by Crippen LogP contribution is 2.17. The molecule has 0 spiro atoms. The molecule has 0 heterocycles. The van der Waals surface area contributed by atoms with Gasteiger partial charge < -0.3 is 10.4 Å². The SMILES string of the molecule is CC(C)(C)/C=C/C(=O)N[C@@H]1C=C[C@H](CO)C1. The molecule has 16 heavy (non-hydrogen) atoms. The van der Waals surface area contributed by atoms with Crippen LogP contribution in [0.4, 0.5) is 0 Å². The van der Waals surface area contributed by atoms with Crippen molar-refractivity contribution in [2.45, 2.75) is 33.2 Å². The molecule has 0 aromatic rings. The van der Waals surface area contributed by atoms with Gasteiger partial charge >= 0.3 is 0 Å². The molecular weight excluding hydrogens is 202 g/mol. The number of hydrogen-bond donors (Lipinski definition) is 2. The Morgan fingerprint density at radius 2 is 2.19 bits per heavy atom. The van der Waals surface area contributed by atoms with E-state index in [1.165, 1.54) is 0 Å². The van der Waals surface area contributed by atoms with Crippen LogP contribution in [0.1, 0.15) is 27.2 Å². The van der Waals surface area contributed by atoms with E-state index in [9.17, 15) is 4.79 Å². The van der Waals surface area contributed by atoms with Crippen LogP contribution < -0.4 is 5.32 Å². The van der Waals surface area contributed by atoms with Crippen molar-refractivity contribution in [1.29, 1.82) is 0 Å². The largest absolute Gasteiger partial charge is 0.396 e. The summed E-state index contributed by atoms with van der Waals surface area (Å²) in [6.07, 6.45) is 8.18. The topological polar surface area (TPSA) is 49.3 Å². The molecule has 0 fully saturated rings. The second-order valence-electron chi connectivity index (χ2n) is 5.38. The summed E-state index contributed by atoms with van der Waals surface area (Å²) in [5.74, 6) is 0.125. The molecule has 1 aliphatic rings. The summed E-state index contributed by atoms with van der Waals surface area (Å²) in [5, 5.41) is 11.8. The Balaban J connectivity index is 2.37. The molecule has 0 radical (unpaired) electrons. The van der Waals surface area contributed by atoms with Crippen molar-refractivity contribution >= 4 is 5.91 Å². The smallest absolute Gasteiger partial charge is 0.244 e. The fourth-order valence-corrected chi connectivity index (χ4v) is 1.57. The van der Waals surface area contributed by atoms with Gasteiger partial charge in [-0.05, 0) is 17.9 Å². The van der Waals surface area contributed by atoms with E-state index in [2.05, 4.69) is 5.32 Å². The Morgan fingerprint density at radius 3 is 2.69 bits per heavy atom. The molecule has 0 saturated carbocycles.